The van der Waals surface area contributed by atoms with Gasteiger partial charge in [0.25, 0.3) is 0 Å². The molecule has 112 valence electrons. The lowest BCUT2D eigenvalue weighted by molar-refractivity contribution is 0.00578. The van der Waals surface area contributed by atoms with Crippen LogP contribution in [0.25, 0.3) is 0 Å². The van der Waals surface area contributed by atoms with E-state index in [0.717, 1.165) is 37.7 Å². The smallest absolute Gasteiger partial charge is 0.398 e. The van der Waals surface area contributed by atoms with Crippen molar-refractivity contribution in [2.24, 2.45) is 0 Å². The Bertz CT molecular complexity index is 410. The van der Waals surface area contributed by atoms with Crippen molar-refractivity contribution >= 4 is 7.12 Å². The first-order valence-electron chi connectivity index (χ1n) is 7.68. The Morgan fingerprint density at radius 1 is 1.10 bits per heavy atom. The molecule has 0 aromatic rings. The van der Waals surface area contributed by atoms with Crippen LogP contribution in [-0.4, -0.2) is 18.3 Å². The topological polar surface area (TPSA) is 18.5 Å². The molecule has 0 amide bonds. The van der Waals surface area contributed by atoms with Crippen LogP contribution >= 0.6 is 0 Å². The van der Waals surface area contributed by atoms with Crippen molar-refractivity contribution in [2.75, 3.05) is 0 Å². The van der Waals surface area contributed by atoms with Gasteiger partial charge in [-0.1, -0.05) is 18.6 Å². The van der Waals surface area contributed by atoms with Crippen LogP contribution in [0.4, 0.5) is 4.39 Å². The van der Waals surface area contributed by atoms with Gasteiger partial charge in [-0.3, -0.25) is 0 Å². The van der Waals surface area contributed by atoms with Gasteiger partial charge in [-0.05, 0) is 65.4 Å². The Balaban J connectivity index is 2.08. The fraction of sp³-hybridized carbons (Fsp3) is 0.750. The van der Waals surface area contributed by atoms with Crippen molar-refractivity contribution in [2.45, 2.75) is 77.9 Å². The van der Waals surface area contributed by atoms with E-state index in [9.17, 15) is 4.39 Å². The van der Waals surface area contributed by atoms with Crippen LogP contribution < -0.4 is 0 Å². The van der Waals surface area contributed by atoms with Crippen molar-refractivity contribution < 1.29 is 13.7 Å². The van der Waals surface area contributed by atoms with Gasteiger partial charge in [-0.15, -0.1) is 0 Å². The first kappa shape index (κ1) is 15.8. The molecule has 2 fully saturated rings. The molecule has 2 aliphatic rings. The molecule has 0 aromatic carbocycles. The van der Waals surface area contributed by atoms with Crippen LogP contribution in [-0.2, 0) is 9.31 Å². The van der Waals surface area contributed by atoms with Gasteiger partial charge in [0.05, 0.1) is 11.2 Å². The number of allylic oxidation sites excluding steroid dienone is 3. The van der Waals surface area contributed by atoms with Crippen molar-refractivity contribution in [3.63, 3.8) is 0 Å². The summed E-state index contributed by atoms with van der Waals surface area (Å²) in [6.07, 6.45) is 6.85. The van der Waals surface area contributed by atoms with Crippen LogP contribution in [0.3, 0.4) is 0 Å². The summed E-state index contributed by atoms with van der Waals surface area (Å²) in [4.78, 5) is 0. The Labute approximate surface area is 122 Å². The van der Waals surface area contributed by atoms with Gasteiger partial charge in [-0.2, -0.15) is 0 Å². The van der Waals surface area contributed by atoms with Crippen LogP contribution in [0.15, 0.2) is 22.9 Å². The van der Waals surface area contributed by atoms with E-state index in [4.69, 9.17) is 9.31 Å². The highest BCUT2D eigenvalue weighted by Crippen LogP contribution is 2.41. The molecule has 1 heterocycles. The fourth-order valence-electron chi connectivity index (χ4n) is 2.72. The lowest BCUT2D eigenvalue weighted by atomic mass is 9.79. The zero-order chi connectivity index (χ0) is 15.0. The third kappa shape index (κ3) is 3.01. The number of rotatable bonds is 2. The van der Waals surface area contributed by atoms with Gasteiger partial charge in [-0.25, -0.2) is 4.39 Å². The molecule has 2 rings (SSSR count). The van der Waals surface area contributed by atoms with Gasteiger partial charge in [0.15, 0.2) is 0 Å². The molecule has 1 saturated heterocycles. The van der Waals surface area contributed by atoms with Crippen LogP contribution in [0.1, 0.15) is 66.7 Å². The minimum atomic E-state index is -0.827. The standard InChI is InChI=1S/C16H26BFO2/c1-6-7-12-8-10-13(11-9-12)14(18)17-19-15(2,3)16(4,5)20-17/h7H,6,8-11H2,1-5H3. The largest absolute Gasteiger partial charge is 0.525 e. The molecule has 0 unspecified atom stereocenters. The van der Waals surface area contributed by atoms with E-state index in [1.807, 2.05) is 27.7 Å². The molecule has 1 saturated carbocycles. The Hall–Kier alpha value is -0.605. The van der Waals surface area contributed by atoms with E-state index in [0.29, 0.717) is 0 Å². The SMILES string of the molecule is CCC=C1CCC(=C(F)B2OC(C)(C)C(C)(C)O2)CC1. The second-order valence-corrected chi connectivity index (χ2v) is 6.81. The normalized spacial score (nSPS) is 25.0. The Morgan fingerprint density at radius 2 is 1.60 bits per heavy atom. The average molecular weight is 280 g/mol. The maximum absolute atomic E-state index is 14.6. The molecule has 0 atom stereocenters. The number of hydrogen-bond acceptors (Lipinski definition) is 2. The maximum atomic E-state index is 14.6. The summed E-state index contributed by atoms with van der Waals surface area (Å²) in [5.74, 6) is 0. The number of hydrogen-bond donors (Lipinski definition) is 0. The zero-order valence-corrected chi connectivity index (χ0v) is 13.4. The molecule has 0 spiro atoms. The molecule has 0 N–H and O–H groups in total. The molecule has 4 heteroatoms. The third-order valence-corrected chi connectivity index (χ3v) is 4.79. The quantitative estimate of drug-likeness (QED) is 0.536. The summed E-state index contributed by atoms with van der Waals surface area (Å²) in [7, 11) is -0.827. The molecule has 1 aliphatic carbocycles. The predicted octanol–water partition coefficient (Wildman–Crippen LogP) is 4.75. The van der Waals surface area contributed by atoms with E-state index in [2.05, 4.69) is 13.0 Å². The fourth-order valence-corrected chi connectivity index (χ4v) is 2.72. The van der Waals surface area contributed by atoms with Crippen molar-refractivity contribution in [3.8, 4) is 0 Å². The van der Waals surface area contributed by atoms with Crippen LogP contribution in [0, 0.1) is 0 Å². The lowest BCUT2D eigenvalue weighted by Crippen LogP contribution is -2.41. The second kappa shape index (κ2) is 5.65. The van der Waals surface area contributed by atoms with E-state index in [1.54, 1.807) is 0 Å². The summed E-state index contributed by atoms with van der Waals surface area (Å²) < 4.78 is 26.2. The molecule has 1 aliphatic heterocycles. The minimum absolute atomic E-state index is 0.195. The second-order valence-electron chi connectivity index (χ2n) is 6.81. The van der Waals surface area contributed by atoms with E-state index in [1.165, 1.54) is 5.57 Å². The van der Waals surface area contributed by atoms with Crippen molar-refractivity contribution in [1.29, 1.82) is 0 Å². The van der Waals surface area contributed by atoms with Crippen molar-refractivity contribution in [1.82, 2.24) is 0 Å². The summed E-state index contributed by atoms with van der Waals surface area (Å²) >= 11 is 0. The van der Waals surface area contributed by atoms with E-state index >= 15 is 0 Å². The Kier molecular flexibility index (Phi) is 4.45. The molecule has 0 aromatic heterocycles. The highest BCUT2D eigenvalue weighted by Gasteiger charge is 2.53. The molecule has 20 heavy (non-hydrogen) atoms. The monoisotopic (exact) mass is 280 g/mol. The highest BCUT2D eigenvalue weighted by atomic mass is 19.1. The Morgan fingerprint density at radius 3 is 2.05 bits per heavy atom. The van der Waals surface area contributed by atoms with Gasteiger partial charge in [0.2, 0.25) is 0 Å². The van der Waals surface area contributed by atoms with E-state index in [-0.39, 0.29) is 5.73 Å². The van der Waals surface area contributed by atoms with Gasteiger partial charge in [0, 0.05) is 0 Å². The first-order chi connectivity index (χ1) is 9.27. The molecular formula is C16H26BFO2. The first-order valence-corrected chi connectivity index (χ1v) is 7.68. The summed E-state index contributed by atoms with van der Waals surface area (Å²) in [6.45, 7) is 9.95. The molecule has 2 nitrogen and oxygen atoms in total. The zero-order valence-electron chi connectivity index (χ0n) is 13.4. The summed E-state index contributed by atoms with van der Waals surface area (Å²) in [5, 5.41) is 0. The lowest BCUT2D eigenvalue weighted by Gasteiger charge is -2.32. The predicted molar refractivity (Wildman–Crippen MR) is 81.1 cm³/mol. The van der Waals surface area contributed by atoms with Gasteiger partial charge >= 0.3 is 7.12 Å². The van der Waals surface area contributed by atoms with Crippen molar-refractivity contribution in [3.05, 3.63) is 22.9 Å². The maximum Gasteiger partial charge on any atom is 0.525 e. The molecular weight excluding hydrogens is 254 g/mol. The van der Waals surface area contributed by atoms with Crippen LogP contribution in [0.5, 0.6) is 0 Å². The number of halogens is 1. The molecule has 0 bridgehead atoms. The summed E-state index contributed by atoms with van der Waals surface area (Å²) in [6, 6.07) is 0. The highest BCUT2D eigenvalue weighted by molar-refractivity contribution is 6.53. The minimum Gasteiger partial charge on any atom is -0.398 e. The molecule has 0 radical (unpaired) electrons. The average Bonchev–Trinajstić information content (AvgIpc) is 2.59. The third-order valence-electron chi connectivity index (χ3n) is 4.79. The van der Waals surface area contributed by atoms with Gasteiger partial charge < -0.3 is 9.31 Å². The summed E-state index contributed by atoms with van der Waals surface area (Å²) in [5.41, 5.74) is 1.18. The van der Waals surface area contributed by atoms with Gasteiger partial charge in [0.1, 0.15) is 5.73 Å². The van der Waals surface area contributed by atoms with E-state index < -0.39 is 18.3 Å². The van der Waals surface area contributed by atoms with Crippen LogP contribution in [0.2, 0.25) is 0 Å².